The van der Waals surface area contributed by atoms with E-state index in [4.69, 9.17) is 11.7 Å². The maximum atomic E-state index is 11.8. The van der Waals surface area contributed by atoms with Crippen molar-refractivity contribution in [3.8, 4) is 0 Å². The number of carbonyl (C=O) groups excluding carboxylic acids is 2. The molecule has 0 atom stereocenters. The van der Waals surface area contributed by atoms with Crippen LogP contribution in [-0.4, -0.2) is 18.7 Å². The van der Waals surface area contributed by atoms with Gasteiger partial charge >= 0.3 is 0 Å². The van der Waals surface area contributed by atoms with Gasteiger partial charge in [0.05, 0.1) is 7.11 Å². The van der Waals surface area contributed by atoms with Crippen LogP contribution in [0.4, 0.5) is 0 Å². The lowest BCUT2D eigenvalue weighted by atomic mass is 9.93. The normalized spacial score (nSPS) is 17.8. The molecule has 84 valence electrons. The summed E-state index contributed by atoms with van der Waals surface area (Å²) in [7, 11) is 1.38. The van der Waals surface area contributed by atoms with Crippen LogP contribution >= 0.6 is 0 Å². The lowest BCUT2D eigenvalue weighted by Crippen LogP contribution is -2.18. The Hall–Kier alpha value is -1.64. The van der Waals surface area contributed by atoms with Crippen LogP contribution in [0.25, 0.3) is 0 Å². The van der Waals surface area contributed by atoms with E-state index in [9.17, 15) is 9.59 Å². The average Bonchev–Trinajstić information content (AvgIpc) is 2.22. The van der Waals surface area contributed by atoms with Crippen molar-refractivity contribution in [2.45, 2.75) is 20.3 Å². The van der Waals surface area contributed by atoms with E-state index in [0.29, 0.717) is 23.1 Å². The first-order valence-corrected chi connectivity index (χ1v) is 4.94. The van der Waals surface area contributed by atoms with E-state index in [2.05, 4.69) is 0 Å². The summed E-state index contributed by atoms with van der Waals surface area (Å²) in [6.45, 7) is 8.80. The van der Waals surface area contributed by atoms with Crippen molar-refractivity contribution in [1.29, 1.82) is 0 Å². The van der Waals surface area contributed by atoms with Crippen molar-refractivity contribution in [3.05, 3.63) is 41.6 Å². The lowest BCUT2D eigenvalue weighted by molar-refractivity contribution is -0.118. The standard InChI is InChI=1S/C13H14O3/c1-8(2)5-6-10-7-11(14)13(16-4)9(3)12(10)15/h1,5,7H,6H2,2-4H3/b8-5-. The molecule has 1 rings (SSSR count). The van der Waals surface area contributed by atoms with Crippen molar-refractivity contribution < 1.29 is 14.3 Å². The van der Waals surface area contributed by atoms with Gasteiger partial charge in [0.15, 0.2) is 11.5 Å². The van der Waals surface area contributed by atoms with Gasteiger partial charge in [-0.2, -0.15) is 0 Å². The summed E-state index contributed by atoms with van der Waals surface area (Å²) in [6.07, 6.45) is 3.40. The van der Waals surface area contributed by atoms with Gasteiger partial charge in [0.1, 0.15) is 0 Å². The van der Waals surface area contributed by atoms with Crippen LogP contribution in [0.2, 0.25) is 0 Å². The number of rotatable bonds is 3. The fraction of sp³-hybridized carbons (Fsp3) is 0.308. The third-order valence-corrected chi connectivity index (χ3v) is 2.35. The molecule has 3 heteroatoms. The first-order chi connectivity index (χ1) is 7.47. The van der Waals surface area contributed by atoms with E-state index in [1.807, 2.05) is 0 Å². The van der Waals surface area contributed by atoms with Crippen LogP contribution in [0.1, 0.15) is 20.3 Å². The van der Waals surface area contributed by atoms with E-state index in [1.54, 1.807) is 19.9 Å². The Balaban J connectivity index is 2.98. The summed E-state index contributed by atoms with van der Waals surface area (Å²) >= 11 is 0. The highest BCUT2D eigenvalue weighted by atomic mass is 16.5. The van der Waals surface area contributed by atoms with Crippen LogP contribution in [0, 0.1) is 6.92 Å². The molecule has 0 aromatic heterocycles. The Bertz CT molecular complexity index is 418. The van der Waals surface area contributed by atoms with Gasteiger partial charge in [-0.3, -0.25) is 9.59 Å². The minimum atomic E-state index is -0.266. The lowest BCUT2D eigenvalue weighted by Gasteiger charge is -2.14. The summed E-state index contributed by atoms with van der Waals surface area (Å²) in [5, 5.41) is 0. The molecule has 0 unspecified atom stereocenters. The highest BCUT2D eigenvalue weighted by molar-refractivity contribution is 6.21. The average molecular weight is 218 g/mol. The van der Waals surface area contributed by atoms with Crippen molar-refractivity contribution in [2.24, 2.45) is 0 Å². The van der Waals surface area contributed by atoms with E-state index in [0.717, 1.165) is 0 Å². The van der Waals surface area contributed by atoms with Crippen LogP contribution in [-0.2, 0) is 14.3 Å². The fourth-order valence-corrected chi connectivity index (χ4v) is 1.49. The van der Waals surface area contributed by atoms with E-state index >= 15 is 0 Å². The first kappa shape index (κ1) is 12.4. The molecule has 0 aromatic rings. The van der Waals surface area contributed by atoms with E-state index in [-0.39, 0.29) is 17.3 Å². The summed E-state index contributed by atoms with van der Waals surface area (Å²) in [5.41, 5.74) is 1.43. The van der Waals surface area contributed by atoms with Gasteiger partial charge in [-0.1, -0.05) is 11.6 Å². The minimum Gasteiger partial charge on any atom is -0.492 e. The molecular formula is C13H14O3. The number of methoxy groups -OCH3 is 1. The predicted molar refractivity (Wildman–Crippen MR) is 60.5 cm³/mol. The Morgan fingerprint density at radius 3 is 2.62 bits per heavy atom. The quantitative estimate of drug-likeness (QED) is 0.681. The van der Waals surface area contributed by atoms with Crippen LogP contribution in [0.3, 0.4) is 0 Å². The molecule has 0 aromatic carbocycles. The zero-order valence-corrected chi connectivity index (χ0v) is 9.66. The molecule has 3 nitrogen and oxygen atoms in total. The van der Waals surface area contributed by atoms with Crippen LogP contribution in [0.5, 0.6) is 0 Å². The smallest absolute Gasteiger partial charge is 0.221 e. The van der Waals surface area contributed by atoms with Gasteiger partial charge in [0, 0.05) is 11.1 Å². The van der Waals surface area contributed by atoms with Gasteiger partial charge < -0.3 is 4.74 Å². The minimum absolute atomic E-state index is 0.127. The van der Waals surface area contributed by atoms with Gasteiger partial charge in [-0.05, 0) is 33.3 Å². The summed E-state index contributed by atoms with van der Waals surface area (Å²) in [4.78, 5) is 23.4. The highest BCUT2D eigenvalue weighted by Gasteiger charge is 2.25. The largest absolute Gasteiger partial charge is 0.492 e. The van der Waals surface area contributed by atoms with Gasteiger partial charge in [0.2, 0.25) is 5.78 Å². The van der Waals surface area contributed by atoms with Crippen LogP contribution < -0.4 is 0 Å². The molecule has 16 heavy (non-hydrogen) atoms. The maximum absolute atomic E-state index is 11.8. The molecule has 1 aliphatic rings. The summed E-state index contributed by atoms with van der Waals surface area (Å²) in [5.74, 6) is -0.297. The Morgan fingerprint density at radius 2 is 2.12 bits per heavy atom. The number of hydrogen-bond donors (Lipinski definition) is 0. The molecule has 0 heterocycles. The third kappa shape index (κ3) is 2.48. The van der Waals surface area contributed by atoms with Gasteiger partial charge in [0.25, 0.3) is 0 Å². The molecule has 2 radical (unpaired) electrons. The molecule has 0 saturated carbocycles. The second-order valence-electron chi connectivity index (χ2n) is 3.67. The van der Waals surface area contributed by atoms with E-state index < -0.39 is 0 Å². The Kier molecular flexibility index (Phi) is 3.82. The zero-order valence-electron chi connectivity index (χ0n) is 9.66. The monoisotopic (exact) mass is 218 g/mol. The van der Waals surface area contributed by atoms with Crippen LogP contribution in [0.15, 0.2) is 34.6 Å². The third-order valence-electron chi connectivity index (χ3n) is 2.35. The second kappa shape index (κ2) is 4.92. The summed E-state index contributed by atoms with van der Waals surface area (Å²) < 4.78 is 4.88. The molecule has 0 spiro atoms. The molecule has 0 bridgehead atoms. The molecule has 0 fully saturated rings. The molecule has 0 aliphatic heterocycles. The number of carbonyl (C=O) groups is 2. The number of hydrogen-bond acceptors (Lipinski definition) is 3. The van der Waals surface area contributed by atoms with Crippen molar-refractivity contribution in [1.82, 2.24) is 0 Å². The fourth-order valence-electron chi connectivity index (χ4n) is 1.49. The molecule has 1 aliphatic carbocycles. The predicted octanol–water partition coefficient (Wildman–Crippen LogP) is 2.03. The number of ether oxygens (including phenoxy) is 1. The number of allylic oxidation sites excluding steroid dienone is 5. The SMILES string of the molecule is [CH]/C(C)=C/CC1=CC(=O)C(OC)=C(C)C1=O. The first-order valence-electron chi connectivity index (χ1n) is 4.94. The molecule has 0 amide bonds. The number of ketones is 2. The van der Waals surface area contributed by atoms with E-state index in [1.165, 1.54) is 13.2 Å². The summed E-state index contributed by atoms with van der Waals surface area (Å²) in [6, 6.07) is 0. The Morgan fingerprint density at radius 1 is 1.50 bits per heavy atom. The van der Waals surface area contributed by atoms with Crippen molar-refractivity contribution in [3.63, 3.8) is 0 Å². The highest BCUT2D eigenvalue weighted by Crippen LogP contribution is 2.22. The molecular weight excluding hydrogens is 204 g/mol. The zero-order chi connectivity index (χ0) is 12.3. The second-order valence-corrected chi connectivity index (χ2v) is 3.67. The molecule has 0 N–H and O–H groups in total. The number of Topliss-reactive ketones (excluding diaryl/α,β-unsaturated/α-hetero) is 1. The Labute approximate surface area is 95.5 Å². The van der Waals surface area contributed by atoms with Gasteiger partial charge in [-0.25, -0.2) is 0 Å². The van der Waals surface area contributed by atoms with Crippen molar-refractivity contribution >= 4 is 11.6 Å². The molecule has 0 saturated heterocycles. The maximum Gasteiger partial charge on any atom is 0.221 e. The van der Waals surface area contributed by atoms with Crippen molar-refractivity contribution in [2.75, 3.05) is 7.11 Å². The van der Waals surface area contributed by atoms with Gasteiger partial charge in [-0.15, -0.1) is 0 Å². The topological polar surface area (TPSA) is 43.4 Å².